The lowest BCUT2D eigenvalue weighted by Gasteiger charge is -2.13. The summed E-state index contributed by atoms with van der Waals surface area (Å²) in [4.78, 5) is 8.24. The summed E-state index contributed by atoms with van der Waals surface area (Å²) >= 11 is 1.78. The van der Waals surface area contributed by atoms with Gasteiger partial charge in [-0.15, -0.1) is 0 Å². The second kappa shape index (κ2) is 4.56. The fourth-order valence-corrected chi connectivity index (χ4v) is 2.07. The van der Waals surface area contributed by atoms with Gasteiger partial charge in [0.1, 0.15) is 5.82 Å². The van der Waals surface area contributed by atoms with E-state index >= 15 is 0 Å². The first-order chi connectivity index (χ1) is 7.70. The van der Waals surface area contributed by atoms with Gasteiger partial charge in [0.15, 0.2) is 5.65 Å². The van der Waals surface area contributed by atoms with Crippen molar-refractivity contribution in [2.75, 3.05) is 23.1 Å². The summed E-state index contributed by atoms with van der Waals surface area (Å²) in [6.07, 6.45) is 3.77. The molecule has 1 unspecified atom stereocenters. The SMILES string of the molecule is CSCC(C)Nc1nc(N)nc2[nH]ncc12. The number of nitrogens with two attached hydrogens (primary N) is 1. The summed E-state index contributed by atoms with van der Waals surface area (Å²) in [6, 6.07) is 0.322. The molecule has 4 N–H and O–H groups in total. The fraction of sp³-hybridized carbons (Fsp3) is 0.444. The third-order valence-electron chi connectivity index (χ3n) is 2.13. The molecule has 6 nitrogen and oxygen atoms in total. The molecule has 0 fully saturated rings. The fourth-order valence-electron chi connectivity index (χ4n) is 1.49. The summed E-state index contributed by atoms with van der Waals surface area (Å²) in [5.41, 5.74) is 6.28. The third kappa shape index (κ3) is 2.19. The predicted octanol–water partition coefficient (Wildman–Crippen LogP) is 1.10. The van der Waals surface area contributed by atoms with Gasteiger partial charge in [0.05, 0.1) is 11.6 Å². The first-order valence-electron chi connectivity index (χ1n) is 4.92. The molecule has 86 valence electrons. The highest BCUT2D eigenvalue weighted by Crippen LogP contribution is 2.19. The van der Waals surface area contributed by atoms with Crippen LogP contribution in [0.4, 0.5) is 11.8 Å². The highest BCUT2D eigenvalue weighted by atomic mass is 32.2. The second-order valence-electron chi connectivity index (χ2n) is 3.56. The average molecular weight is 238 g/mol. The Hall–Kier alpha value is -1.50. The van der Waals surface area contributed by atoms with Crippen LogP contribution in [0.5, 0.6) is 0 Å². The van der Waals surface area contributed by atoms with Crippen molar-refractivity contribution in [2.45, 2.75) is 13.0 Å². The summed E-state index contributed by atoms with van der Waals surface area (Å²) in [5.74, 6) is 1.98. The van der Waals surface area contributed by atoms with E-state index < -0.39 is 0 Å². The predicted molar refractivity (Wildman–Crippen MR) is 67.6 cm³/mol. The third-order valence-corrected chi connectivity index (χ3v) is 2.96. The Bertz CT molecular complexity index is 482. The summed E-state index contributed by atoms with van der Waals surface area (Å²) in [5, 5.41) is 10.9. The number of H-pyrrole nitrogens is 1. The molecule has 0 saturated heterocycles. The number of anilines is 2. The number of hydrogen-bond acceptors (Lipinski definition) is 6. The topological polar surface area (TPSA) is 92.5 Å². The molecule has 0 radical (unpaired) electrons. The van der Waals surface area contributed by atoms with Gasteiger partial charge in [0.25, 0.3) is 0 Å². The number of rotatable bonds is 4. The van der Waals surface area contributed by atoms with Crippen molar-refractivity contribution in [2.24, 2.45) is 0 Å². The van der Waals surface area contributed by atoms with Crippen LogP contribution in [0.25, 0.3) is 11.0 Å². The van der Waals surface area contributed by atoms with E-state index in [1.54, 1.807) is 18.0 Å². The van der Waals surface area contributed by atoms with Crippen molar-refractivity contribution < 1.29 is 0 Å². The van der Waals surface area contributed by atoms with Crippen LogP contribution in [0.1, 0.15) is 6.92 Å². The van der Waals surface area contributed by atoms with E-state index in [0.717, 1.165) is 17.0 Å². The smallest absolute Gasteiger partial charge is 0.224 e. The van der Waals surface area contributed by atoms with Crippen LogP contribution in [0.15, 0.2) is 6.20 Å². The lowest BCUT2D eigenvalue weighted by Crippen LogP contribution is -2.19. The van der Waals surface area contributed by atoms with Gasteiger partial charge in [-0.05, 0) is 13.2 Å². The van der Waals surface area contributed by atoms with Crippen LogP contribution < -0.4 is 11.1 Å². The molecule has 0 aliphatic heterocycles. The van der Waals surface area contributed by atoms with Gasteiger partial charge in [-0.25, -0.2) is 0 Å². The Balaban J connectivity index is 2.31. The molecule has 7 heteroatoms. The van der Waals surface area contributed by atoms with Gasteiger partial charge in [0, 0.05) is 11.8 Å². The number of hydrogen-bond donors (Lipinski definition) is 3. The minimum absolute atomic E-state index is 0.246. The zero-order valence-corrected chi connectivity index (χ0v) is 10.0. The van der Waals surface area contributed by atoms with Gasteiger partial charge in [0.2, 0.25) is 5.95 Å². The van der Waals surface area contributed by atoms with Crippen LogP contribution in [0.3, 0.4) is 0 Å². The second-order valence-corrected chi connectivity index (χ2v) is 4.47. The summed E-state index contributed by atoms with van der Waals surface area (Å²) in [6.45, 7) is 2.10. The van der Waals surface area contributed by atoms with Crippen molar-refractivity contribution >= 4 is 34.6 Å². The molecule has 0 saturated carbocycles. The molecular weight excluding hydrogens is 224 g/mol. The van der Waals surface area contributed by atoms with Gasteiger partial charge < -0.3 is 11.1 Å². The number of aromatic amines is 1. The summed E-state index contributed by atoms with van der Waals surface area (Å²) < 4.78 is 0. The Kier molecular flexibility index (Phi) is 3.14. The number of fused-ring (bicyclic) bond motifs is 1. The number of nitrogens with zero attached hydrogens (tertiary/aromatic N) is 3. The van der Waals surface area contributed by atoms with E-state index in [9.17, 15) is 0 Å². The lowest BCUT2D eigenvalue weighted by molar-refractivity contribution is 0.905. The van der Waals surface area contributed by atoms with Crippen molar-refractivity contribution in [1.82, 2.24) is 20.2 Å². The van der Waals surface area contributed by atoms with Gasteiger partial charge in [-0.3, -0.25) is 5.10 Å². The normalized spacial score (nSPS) is 12.9. The molecular formula is C9H14N6S. The molecule has 2 rings (SSSR count). The molecule has 0 spiro atoms. The minimum atomic E-state index is 0.246. The van der Waals surface area contributed by atoms with Crippen molar-refractivity contribution in [1.29, 1.82) is 0 Å². The maximum Gasteiger partial charge on any atom is 0.224 e. The molecule has 0 bridgehead atoms. The maximum atomic E-state index is 5.62. The monoisotopic (exact) mass is 238 g/mol. The van der Waals surface area contributed by atoms with Crippen LogP contribution in [-0.2, 0) is 0 Å². The zero-order valence-electron chi connectivity index (χ0n) is 9.19. The zero-order chi connectivity index (χ0) is 11.5. The quantitative estimate of drug-likeness (QED) is 0.738. The number of nitrogens with one attached hydrogen (secondary N) is 2. The largest absolute Gasteiger partial charge is 0.368 e. The molecule has 0 aliphatic rings. The van der Waals surface area contributed by atoms with Crippen LogP contribution >= 0.6 is 11.8 Å². The number of nitrogen functional groups attached to an aromatic ring is 1. The highest BCUT2D eigenvalue weighted by Gasteiger charge is 2.10. The summed E-state index contributed by atoms with van der Waals surface area (Å²) in [7, 11) is 0. The van der Waals surface area contributed by atoms with Crippen LogP contribution in [0, 0.1) is 0 Å². The van der Waals surface area contributed by atoms with E-state index in [2.05, 4.69) is 38.7 Å². The molecule has 0 aromatic carbocycles. The minimum Gasteiger partial charge on any atom is -0.368 e. The molecule has 2 heterocycles. The van der Waals surface area contributed by atoms with Crippen molar-refractivity contribution in [3.05, 3.63) is 6.20 Å². The molecule has 2 aromatic rings. The van der Waals surface area contributed by atoms with Crippen molar-refractivity contribution in [3.8, 4) is 0 Å². The van der Waals surface area contributed by atoms with E-state index in [0.29, 0.717) is 11.7 Å². The molecule has 0 aliphatic carbocycles. The average Bonchev–Trinajstić information content (AvgIpc) is 2.65. The van der Waals surface area contributed by atoms with Crippen LogP contribution in [0.2, 0.25) is 0 Å². The lowest BCUT2D eigenvalue weighted by atomic mass is 10.3. The first-order valence-corrected chi connectivity index (χ1v) is 6.32. The van der Waals surface area contributed by atoms with E-state index in [1.807, 2.05) is 0 Å². The Morgan fingerprint density at radius 3 is 3.12 bits per heavy atom. The van der Waals surface area contributed by atoms with Crippen molar-refractivity contribution in [3.63, 3.8) is 0 Å². The van der Waals surface area contributed by atoms with Crippen LogP contribution in [-0.4, -0.2) is 38.2 Å². The number of aromatic nitrogens is 4. The Morgan fingerprint density at radius 2 is 2.38 bits per heavy atom. The van der Waals surface area contributed by atoms with Gasteiger partial charge in [-0.1, -0.05) is 0 Å². The molecule has 2 aromatic heterocycles. The highest BCUT2D eigenvalue weighted by molar-refractivity contribution is 7.98. The molecule has 0 amide bonds. The first kappa shape index (κ1) is 11.0. The Labute approximate surface area is 97.4 Å². The van der Waals surface area contributed by atoms with E-state index in [4.69, 9.17) is 5.73 Å². The number of thioether (sulfide) groups is 1. The molecule has 1 atom stereocenters. The van der Waals surface area contributed by atoms with E-state index in [1.165, 1.54) is 0 Å². The van der Waals surface area contributed by atoms with Gasteiger partial charge >= 0.3 is 0 Å². The maximum absolute atomic E-state index is 5.62. The Morgan fingerprint density at radius 1 is 1.56 bits per heavy atom. The standard InChI is InChI=1S/C9H14N6S/c1-5(4-16-2)12-7-6-3-11-15-8(6)14-9(10)13-7/h3,5H,4H2,1-2H3,(H4,10,11,12,13,14,15). The van der Waals surface area contributed by atoms with Gasteiger partial charge in [-0.2, -0.15) is 26.8 Å². The molecule has 16 heavy (non-hydrogen) atoms. The van der Waals surface area contributed by atoms with E-state index in [-0.39, 0.29) is 5.95 Å².